The largest absolute Gasteiger partial charge is 0.462 e. The lowest BCUT2D eigenvalue weighted by Gasteiger charge is -2.11. The molecule has 0 spiro atoms. The Hall–Kier alpha value is -3.69. The number of nitrogens with zero attached hydrogens (tertiary/aromatic N) is 1. The molecule has 1 heterocycles. The minimum absolute atomic E-state index is 0.0476. The van der Waals surface area contributed by atoms with Crippen LogP contribution in [0.3, 0.4) is 0 Å². The molecular weight excluding hydrogens is 444 g/mol. The quantitative estimate of drug-likeness (QED) is 0.231. The zero-order valence-electron chi connectivity index (χ0n) is 20.1. The summed E-state index contributed by atoms with van der Waals surface area (Å²) in [5, 5.41) is 14.6. The SMILES string of the molecule is CCOC(=O)c1c(-c2ccc(C)cc2C)csc1NC(=O)/C(C#N)=C/c1ccc(C(C)C)cc1. The third-order valence-electron chi connectivity index (χ3n) is 5.45. The van der Waals surface area contributed by atoms with Gasteiger partial charge in [-0.2, -0.15) is 5.26 Å². The minimum Gasteiger partial charge on any atom is -0.462 e. The number of anilines is 1. The van der Waals surface area contributed by atoms with Gasteiger partial charge in [-0.15, -0.1) is 11.3 Å². The molecule has 0 saturated carbocycles. The standard InChI is InChI=1S/C28H28N2O3S/c1-6-33-28(32)25-24(23-12-7-18(4)13-19(23)5)16-34-27(25)30-26(31)22(15-29)14-20-8-10-21(11-9-20)17(2)3/h7-14,16-17H,6H2,1-5H3,(H,30,31)/b22-14+. The Kier molecular flexibility index (Phi) is 8.04. The molecule has 0 atom stereocenters. The number of hydrogen-bond acceptors (Lipinski definition) is 5. The highest BCUT2D eigenvalue weighted by Gasteiger charge is 2.24. The number of ether oxygens (including phenoxy) is 1. The van der Waals surface area contributed by atoms with Gasteiger partial charge in [0, 0.05) is 10.9 Å². The zero-order chi connectivity index (χ0) is 24.8. The molecule has 0 unspecified atom stereocenters. The molecule has 0 aliphatic rings. The van der Waals surface area contributed by atoms with Gasteiger partial charge in [-0.3, -0.25) is 4.79 Å². The van der Waals surface area contributed by atoms with Crippen LogP contribution < -0.4 is 5.32 Å². The molecule has 6 heteroatoms. The number of carbonyl (C=O) groups excluding carboxylic acids is 2. The highest BCUT2D eigenvalue weighted by atomic mass is 32.1. The van der Waals surface area contributed by atoms with Gasteiger partial charge in [-0.1, -0.05) is 61.9 Å². The second kappa shape index (κ2) is 11.0. The van der Waals surface area contributed by atoms with Crippen LogP contribution in [-0.4, -0.2) is 18.5 Å². The van der Waals surface area contributed by atoms with Crippen LogP contribution in [0.15, 0.2) is 53.4 Å². The van der Waals surface area contributed by atoms with E-state index in [9.17, 15) is 14.9 Å². The summed E-state index contributed by atoms with van der Waals surface area (Å²) in [6, 6.07) is 15.7. The summed E-state index contributed by atoms with van der Waals surface area (Å²) in [5.74, 6) is -0.695. The summed E-state index contributed by atoms with van der Waals surface area (Å²) in [4.78, 5) is 25.8. The first-order valence-corrected chi connectivity index (χ1v) is 12.0. The van der Waals surface area contributed by atoms with E-state index < -0.39 is 11.9 Å². The number of rotatable bonds is 7. The van der Waals surface area contributed by atoms with Crippen molar-refractivity contribution < 1.29 is 14.3 Å². The van der Waals surface area contributed by atoms with Crippen LogP contribution in [0.4, 0.5) is 5.00 Å². The number of benzene rings is 2. The zero-order valence-corrected chi connectivity index (χ0v) is 20.9. The van der Waals surface area contributed by atoms with Gasteiger partial charge < -0.3 is 10.1 Å². The lowest BCUT2D eigenvalue weighted by molar-refractivity contribution is -0.112. The maximum absolute atomic E-state index is 13.0. The van der Waals surface area contributed by atoms with Gasteiger partial charge >= 0.3 is 5.97 Å². The Balaban J connectivity index is 1.96. The van der Waals surface area contributed by atoms with E-state index in [-0.39, 0.29) is 12.2 Å². The van der Waals surface area contributed by atoms with Gasteiger partial charge in [0.2, 0.25) is 0 Å². The smallest absolute Gasteiger partial charge is 0.341 e. The average molecular weight is 473 g/mol. The van der Waals surface area contributed by atoms with Crippen molar-refractivity contribution in [3.63, 3.8) is 0 Å². The molecule has 0 radical (unpaired) electrons. The monoisotopic (exact) mass is 472 g/mol. The average Bonchev–Trinajstić information content (AvgIpc) is 3.21. The summed E-state index contributed by atoms with van der Waals surface area (Å²) in [5.41, 5.74) is 5.91. The lowest BCUT2D eigenvalue weighted by atomic mass is 9.97. The number of aryl methyl sites for hydroxylation is 2. The Morgan fingerprint density at radius 2 is 1.82 bits per heavy atom. The van der Waals surface area contributed by atoms with Gasteiger partial charge in [-0.05, 0) is 55.0 Å². The molecule has 5 nitrogen and oxygen atoms in total. The number of nitriles is 1. The van der Waals surface area contributed by atoms with E-state index in [1.54, 1.807) is 13.0 Å². The number of nitrogens with one attached hydrogen (secondary N) is 1. The Morgan fingerprint density at radius 1 is 1.12 bits per heavy atom. The van der Waals surface area contributed by atoms with E-state index in [2.05, 4.69) is 19.2 Å². The van der Waals surface area contributed by atoms with E-state index in [0.717, 1.165) is 22.3 Å². The highest BCUT2D eigenvalue weighted by molar-refractivity contribution is 7.15. The molecule has 174 valence electrons. The van der Waals surface area contributed by atoms with Crippen molar-refractivity contribution in [2.75, 3.05) is 11.9 Å². The van der Waals surface area contributed by atoms with E-state index in [1.807, 2.05) is 67.8 Å². The van der Waals surface area contributed by atoms with E-state index in [0.29, 0.717) is 22.0 Å². The van der Waals surface area contributed by atoms with Crippen LogP contribution in [0.5, 0.6) is 0 Å². The van der Waals surface area contributed by atoms with Crippen LogP contribution in [0.1, 0.15) is 59.3 Å². The third-order valence-corrected chi connectivity index (χ3v) is 6.34. The summed E-state index contributed by atoms with van der Waals surface area (Å²) < 4.78 is 5.28. The Labute approximate surface area is 204 Å². The number of amides is 1. The van der Waals surface area contributed by atoms with Crippen LogP contribution in [-0.2, 0) is 9.53 Å². The first-order valence-electron chi connectivity index (χ1n) is 11.1. The fourth-order valence-electron chi connectivity index (χ4n) is 3.63. The van der Waals surface area contributed by atoms with Crippen LogP contribution >= 0.6 is 11.3 Å². The fourth-order valence-corrected chi connectivity index (χ4v) is 4.58. The van der Waals surface area contributed by atoms with Gasteiger partial charge in [0.15, 0.2) is 0 Å². The number of carbonyl (C=O) groups is 2. The number of hydrogen-bond donors (Lipinski definition) is 1. The van der Waals surface area contributed by atoms with E-state index in [1.165, 1.54) is 16.9 Å². The molecule has 3 aromatic rings. The van der Waals surface area contributed by atoms with Crippen molar-refractivity contribution in [2.45, 2.75) is 40.5 Å². The van der Waals surface area contributed by atoms with Crippen molar-refractivity contribution in [3.8, 4) is 17.2 Å². The first kappa shape index (κ1) is 24.9. The van der Waals surface area contributed by atoms with Crippen molar-refractivity contribution in [1.29, 1.82) is 5.26 Å². The molecule has 34 heavy (non-hydrogen) atoms. The normalized spacial score (nSPS) is 11.3. The van der Waals surface area contributed by atoms with Crippen molar-refractivity contribution in [3.05, 3.63) is 81.2 Å². The van der Waals surface area contributed by atoms with Crippen molar-refractivity contribution in [2.24, 2.45) is 0 Å². The number of thiophene rings is 1. The molecule has 2 aromatic carbocycles. The Morgan fingerprint density at radius 3 is 2.41 bits per heavy atom. The molecule has 1 N–H and O–H groups in total. The molecule has 1 aromatic heterocycles. The highest BCUT2D eigenvalue weighted by Crippen LogP contribution is 2.38. The maximum Gasteiger partial charge on any atom is 0.341 e. The fraction of sp³-hybridized carbons (Fsp3) is 0.250. The second-order valence-corrected chi connectivity index (χ2v) is 9.22. The van der Waals surface area contributed by atoms with Gasteiger partial charge in [0.1, 0.15) is 22.2 Å². The summed E-state index contributed by atoms with van der Waals surface area (Å²) >= 11 is 1.24. The van der Waals surface area contributed by atoms with Crippen molar-refractivity contribution in [1.82, 2.24) is 0 Å². The van der Waals surface area contributed by atoms with Crippen LogP contribution in [0, 0.1) is 25.2 Å². The molecule has 3 rings (SSSR count). The van der Waals surface area contributed by atoms with Gasteiger partial charge in [0.25, 0.3) is 5.91 Å². The maximum atomic E-state index is 13.0. The lowest BCUT2D eigenvalue weighted by Crippen LogP contribution is -2.16. The molecule has 0 aliphatic carbocycles. The first-order chi connectivity index (χ1) is 16.2. The predicted molar refractivity (Wildman–Crippen MR) is 138 cm³/mol. The van der Waals surface area contributed by atoms with Crippen molar-refractivity contribution >= 4 is 34.3 Å². The third kappa shape index (κ3) is 5.62. The molecule has 0 bridgehead atoms. The molecular formula is C28H28N2O3S. The van der Waals surface area contributed by atoms with E-state index in [4.69, 9.17) is 4.74 Å². The Bertz CT molecular complexity index is 1280. The molecule has 0 saturated heterocycles. The molecule has 0 aliphatic heterocycles. The summed E-state index contributed by atoms with van der Waals surface area (Å²) in [6.45, 7) is 10.1. The molecule has 1 amide bonds. The van der Waals surface area contributed by atoms with Crippen LogP contribution in [0.2, 0.25) is 0 Å². The van der Waals surface area contributed by atoms with Gasteiger partial charge in [0.05, 0.1) is 6.61 Å². The minimum atomic E-state index is -0.574. The number of esters is 1. The van der Waals surface area contributed by atoms with Crippen LogP contribution in [0.25, 0.3) is 17.2 Å². The molecule has 0 fully saturated rings. The second-order valence-electron chi connectivity index (χ2n) is 8.34. The summed E-state index contributed by atoms with van der Waals surface area (Å²) in [7, 11) is 0. The van der Waals surface area contributed by atoms with Gasteiger partial charge in [-0.25, -0.2) is 4.79 Å². The topological polar surface area (TPSA) is 79.2 Å². The predicted octanol–water partition coefficient (Wildman–Crippen LogP) is 6.88. The van der Waals surface area contributed by atoms with E-state index >= 15 is 0 Å². The summed E-state index contributed by atoms with van der Waals surface area (Å²) in [6.07, 6.45) is 1.54.